The van der Waals surface area contributed by atoms with Crippen LogP contribution in [0.25, 0.3) is 10.1 Å². The van der Waals surface area contributed by atoms with Gasteiger partial charge in [0.05, 0.1) is 31.8 Å². The molecule has 1 aliphatic rings. The summed E-state index contributed by atoms with van der Waals surface area (Å²) in [4.78, 5) is 52.7. The molecule has 1 aliphatic heterocycles. The van der Waals surface area contributed by atoms with Crippen molar-refractivity contribution in [1.29, 1.82) is 0 Å². The fourth-order valence-corrected chi connectivity index (χ4v) is 5.89. The van der Waals surface area contributed by atoms with E-state index in [1.165, 1.54) is 48.5 Å². The molecule has 0 atom stereocenters. The molecule has 0 bridgehead atoms. The average Bonchev–Trinajstić information content (AvgIpc) is 3.31. The van der Waals surface area contributed by atoms with E-state index in [1.807, 2.05) is 0 Å². The number of benzene rings is 3. The standard InChI is InChI=1S/C24H12Cl3N3O5S/c25-12-5-8-18(17(26)9-12)28(11-29-22(31)14-3-1-2-4-15(14)23(29)32)24(33)21-20(27)16-7-6-13(30(34)35)10-19(16)36-21/h1-10H,11H2. The first-order valence-corrected chi connectivity index (χ1v) is 12.2. The van der Waals surface area contributed by atoms with Gasteiger partial charge in [0.25, 0.3) is 23.4 Å². The number of non-ortho nitro benzene ring substituents is 1. The molecule has 180 valence electrons. The molecule has 0 N–H and O–H groups in total. The first kappa shape index (κ1) is 24.2. The Labute approximate surface area is 222 Å². The van der Waals surface area contributed by atoms with E-state index in [0.717, 1.165) is 21.1 Å². The van der Waals surface area contributed by atoms with E-state index < -0.39 is 29.3 Å². The number of nitro benzene ring substituents is 1. The molecule has 3 aromatic carbocycles. The van der Waals surface area contributed by atoms with Crippen LogP contribution in [0.4, 0.5) is 11.4 Å². The van der Waals surface area contributed by atoms with Crippen molar-refractivity contribution in [3.05, 3.63) is 102 Å². The van der Waals surface area contributed by atoms with Crippen molar-refractivity contribution in [3.8, 4) is 0 Å². The van der Waals surface area contributed by atoms with E-state index >= 15 is 0 Å². The number of anilines is 1. The Kier molecular flexibility index (Phi) is 6.17. The van der Waals surface area contributed by atoms with Crippen molar-refractivity contribution >= 4 is 85.3 Å². The van der Waals surface area contributed by atoms with Gasteiger partial charge < -0.3 is 0 Å². The van der Waals surface area contributed by atoms with Gasteiger partial charge in [-0.25, -0.2) is 0 Å². The highest BCUT2D eigenvalue weighted by atomic mass is 35.5. The number of halogens is 3. The van der Waals surface area contributed by atoms with Crippen molar-refractivity contribution in [2.45, 2.75) is 0 Å². The molecule has 3 amide bonds. The maximum atomic E-state index is 13.8. The van der Waals surface area contributed by atoms with Gasteiger partial charge in [0.2, 0.25) is 0 Å². The predicted molar refractivity (Wildman–Crippen MR) is 139 cm³/mol. The molecule has 0 aliphatic carbocycles. The van der Waals surface area contributed by atoms with Crippen LogP contribution < -0.4 is 4.90 Å². The number of hydrogen-bond donors (Lipinski definition) is 0. The predicted octanol–water partition coefficient (Wildman–Crippen LogP) is 6.67. The lowest BCUT2D eigenvalue weighted by atomic mass is 10.1. The number of hydrogen-bond acceptors (Lipinski definition) is 6. The summed E-state index contributed by atoms with van der Waals surface area (Å²) in [5.41, 5.74) is 0.499. The maximum absolute atomic E-state index is 13.8. The molecule has 0 saturated heterocycles. The van der Waals surface area contributed by atoms with Gasteiger partial charge in [-0.3, -0.25) is 34.3 Å². The van der Waals surface area contributed by atoms with E-state index in [1.54, 1.807) is 12.1 Å². The summed E-state index contributed by atoms with van der Waals surface area (Å²) >= 11 is 19.9. The third-order valence-electron chi connectivity index (χ3n) is 5.62. The van der Waals surface area contributed by atoms with Crippen LogP contribution in [0, 0.1) is 10.1 Å². The number of nitrogens with zero attached hydrogens (tertiary/aromatic N) is 3. The van der Waals surface area contributed by atoms with Crippen molar-refractivity contribution in [3.63, 3.8) is 0 Å². The fourth-order valence-electron chi connectivity index (χ4n) is 3.89. The Hall–Kier alpha value is -3.50. The Morgan fingerprint density at radius 2 is 1.64 bits per heavy atom. The highest BCUT2D eigenvalue weighted by molar-refractivity contribution is 7.21. The number of amides is 3. The highest BCUT2D eigenvalue weighted by Gasteiger charge is 2.38. The molecule has 8 nitrogen and oxygen atoms in total. The molecule has 2 heterocycles. The topological polar surface area (TPSA) is 101 Å². The molecule has 5 rings (SSSR count). The van der Waals surface area contributed by atoms with Crippen LogP contribution in [-0.4, -0.2) is 34.2 Å². The Balaban J connectivity index is 1.60. The van der Waals surface area contributed by atoms with Crippen LogP contribution in [0.3, 0.4) is 0 Å². The summed E-state index contributed by atoms with van der Waals surface area (Å²) in [7, 11) is 0. The lowest BCUT2D eigenvalue weighted by Crippen LogP contribution is -2.44. The molecule has 1 aromatic heterocycles. The smallest absolute Gasteiger partial charge is 0.271 e. The second kappa shape index (κ2) is 9.18. The summed E-state index contributed by atoms with van der Waals surface area (Å²) in [6.45, 7) is -0.447. The van der Waals surface area contributed by atoms with E-state index in [2.05, 4.69) is 0 Å². The third-order valence-corrected chi connectivity index (χ3v) is 7.81. The van der Waals surface area contributed by atoms with Crippen LogP contribution >= 0.6 is 46.1 Å². The zero-order chi connectivity index (χ0) is 25.7. The van der Waals surface area contributed by atoms with Crippen LogP contribution in [0.2, 0.25) is 15.1 Å². The molecular formula is C24H12Cl3N3O5S. The monoisotopic (exact) mass is 559 g/mol. The SMILES string of the molecule is O=C1c2ccccc2C(=O)N1CN(C(=O)c1sc2cc([N+](=O)[O-])ccc2c1Cl)c1ccc(Cl)cc1Cl. The zero-order valence-electron chi connectivity index (χ0n) is 17.9. The second-order valence-corrected chi connectivity index (χ2v) is 10.0. The molecule has 4 aromatic rings. The number of thiophene rings is 1. The fraction of sp³-hybridized carbons (Fsp3) is 0.0417. The summed E-state index contributed by atoms with van der Waals surface area (Å²) in [6, 6.07) is 14.9. The van der Waals surface area contributed by atoms with Gasteiger partial charge in [0, 0.05) is 27.2 Å². The van der Waals surface area contributed by atoms with Crippen LogP contribution in [0.5, 0.6) is 0 Å². The first-order chi connectivity index (χ1) is 17.2. The van der Waals surface area contributed by atoms with Crippen molar-refractivity contribution < 1.29 is 19.3 Å². The van der Waals surface area contributed by atoms with Gasteiger partial charge >= 0.3 is 0 Å². The highest BCUT2D eigenvalue weighted by Crippen LogP contribution is 2.40. The number of carbonyl (C=O) groups is 3. The molecule has 0 fully saturated rings. The Morgan fingerprint density at radius 1 is 0.972 bits per heavy atom. The minimum Gasteiger partial charge on any atom is -0.287 e. The minimum atomic E-state index is -0.648. The van der Waals surface area contributed by atoms with Gasteiger partial charge in [0.1, 0.15) is 11.5 Å². The molecule has 0 unspecified atom stereocenters. The number of fused-ring (bicyclic) bond motifs is 2. The molecule has 12 heteroatoms. The number of rotatable bonds is 5. The van der Waals surface area contributed by atoms with Gasteiger partial charge in [-0.15, -0.1) is 11.3 Å². The lowest BCUT2D eigenvalue weighted by Gasteiger charge is -2.27. The molecule has 36 heavy (non-hydrogen) atoms. The summed E-state index contributed by atoms with van der Waals surface area (Å²) in [5.74, 6) is -1.77. The van der Waals surface area contributed by atoms with Crippen molar-refractivity contribution in [2.24, 2.45) is 0 Å². The zero-order valence-corrected chi connectivity index (χ0v) is 21.0. The largest absolute Gasteiger partial charge is 0.287 e. The third kappa shape index (κ3) is 4.00. The van der Waals surface area contributed by atoms with Crippen LogP contribution in [-0.2, 0) is 0 Å². The summed E-state index contributed by atoms with van der Waals surface area (Å²) in [6.07, 6.45) is 0. The van der Waals surface area contributed by atoms with E-state index in [0.29, 0.717) is 15.1 Å². The molecular weight excluding hydrogens is 549 g/mol. The van der Waals surface area contributed by atoms with Gasteiger partial charge in [0.15, 0.2) is 0 Å². The quantitative estimate of drug-likeness (QED) is 0.154. The van der Waals surface area contributed by atoms with Gasteiger partial charge in [-0.2, -0.15) is 0 Å². The van der Waals surface area contributed by atoms with Crippen LogP contribution in [0.15, 0.2) is 60.7 Å². The molecule has 0 saturated carbocycles. The lowest BCUT2D eigenvalue weighted by molar-refractivity contribution is -0.384. The Morgan fingerprint density at radius 3 is 2.25 bits per heavy atom. The molecule has 0 radical (unpaired) electrons. The number of imide groups is 1. The number of carbonyl (C=O) groups excluding carboxylic acids is 3. The number of nitro groups is 1. The summed E-state index contributed by atoms with van der Waals surface area (Å²) in [5, 5.41) is 12.2. The van der Waals surface area contributed by atoms with Crippen molar-refractivity contribution in [1.82, 2.24) is 4.90 Å². The van der Waals surface area contributed by atoms with Crippen LogP contribution in [0.1, 0.15) is 30.4 Å². The van der Waals surface area contributed by atoms with Crippen molar-refractivity contribution in [2.75, 3.05) is 11.6 Å². The Bertz CT molecular complexity index is 1590. The van der Waals surface area contributed by atoms with Gasteiger partial charge in [-0.05, 0) is 36.4 Å². The minimum absolute atomic E-state index is 0.0646. The van der Waals surface area contributed by atoms with E-state index in [9.17, 15) is 24.5 Å². The summed E-state index contributed by atoms with van der Waals surface area (Å²) < 4.78 is 0.431. The average molecular weight is 561 g/mol. The van der Waals surface area contributed by atoms with Gasteiger partial charge in [-0.1, -0.05) is 46.9 Å². The maximum Gasteiger partial charge on any atom is 0.271 e. The first-order valence-electron chi connectivity index (χ1n) is 10.3. The normalized spacial score (nSPS) is 12.8. The molecule has 0 spiro atoms. The van der Waals surface area contributed by atoms with E-state index in [-0.39, 0.29) is 37.4 Å². The second-order valence-electron chi connectivity index (χ2n) is 7.74. The van der Waals surface area contributed by atoms with E-state index in [4.69, 9.17) is 34.8 Å².